The summed E-state index contributed by atoms with van der Waals surface area (Å²) in [6.07, 6.45) is 3.13. The first kappa shape index (κ1) is 33.1. The largest absolute Gasteiger partial charge is 0.493 e. The van der Waals surface area contributed by atoms with Gasteiger partial charge in [0.05, 0.1) is 23.7 Å². The summed E-state index contributed by atoms with van der Waals surface area (Å²) < 4.78 is 10.9. The van der Waals surface area contributed by atoms with Crippen LogP contribution in [0.25, 0.3) is 10.9 Å². The zero-order valence-corrected chi connectivity index (χ0v) is 25.6. The van der Waals surface area contributed by atoms with Gasteiger partial charge < -0.3 is 35.9 Å². The number of rotatable bonds is 17. The van der Waals surface area contributed by atoms with Gasteiger partial charge in [-0.05, 0) is 68.7 Å². The van der Waals surface area contributed by atoms with E-state index in [1.165, 1.54) is 0 Å². The molecule has 3 rings (SSSR count). The summed E-state index contributed by atoms with van der Waals surface area (Å²) in [6.45, 7) is 9.49. The normalized spacial score (nSPS) is 14.0. The molecule has 2 amide bonds. The SMILES string of the molecule is COCCCCOc1ccccc1C(=O)NC[C@@H](C[C@H](N)[C@@H](O)CNC(=O)C(C)(C)c1c[nH]c2ccccc12)C(C)C. The summed E-state index contributed by atoms with van der Waals surface area (Å²) in [7, 11) is 1.67. The number of nitrogens with two attached hydrogens (primary N) is 1. The lowest BCUT2D eigenvalue weighted by Gasteiger charge is -2.29. The molecule has 230 valence electrons. The first-order chi connectivity index (χ1) is 20.1. The van der Waals surface area contributed by atoms with Crippen LogP contribution in [0.15, 0.2) is 54.7 Å². The summed E-state index contributed by atoms with van der Waals surface area (Å²) in [4.78, 5) is 29.5. The van der Waals surface area contributed by atoms with E-state index in [-0.39, 0.29) is 30.2 Å². The lowest BCUT2D eigenvalue weighted by atomic mass is 9.83. The molecule has 9 heteroatoms. The van der Waals surface area contributed by atoms with E-state index in [4.69, 9.17) is 15.2 Å². The molecule has 1 heterocycles. The van der Waals surface area contributed by atoms with Crippen molar-refractivity contribution >= 4 is 22.7 Å². The molecule has 42 heavy (non-hydrogen) atoms. The number of aliphatic hydroxyl groups is 1. The molecule has 0 aliphatic carbocycles. The molecular weight excluding hydrogens is 532 g/mol. The van der Waals surface area contributed by atoms with Crippen LogP contribution in [0.4, 0.5) is 0 Å². The van der Waals surface area contributed by atoms with Crippen molar-refractivity contribution < 1.29 is 24.2 Å². The molecule has 0 unspecified atom stereocenters. The highest BCUT2D eigenvalue weighted by molar-refractivity contribution is 5.97. The number of fused-ring (bicyclic) bond motifs is 1. The summed E-state index contributed by atoms with van der Waals surface area (Å²) in [5, 5.41) is 17.7. The smallest absolute Gasteiger partial charge is 0.255 e. The van der Waals surface area contributed by atoms with Crippen LogP contribution in [0.5, 0.6) is 5.75 Å². The van der Waals surface area contributed by atoms with Crippen molar-refractivity contribution in [2.45, 2.75) is 64.5 Å². The van der Waals surface area contributed by atoms with Gasteiger partial charge >= 0.3 is 0 Å². The van der Waals surface area contributed by atoms with Crippen molar-refractivity contribution in [2.75, 3.05) is 33.4 Å². The molecule has 0 saturated heterocycles. The number of methoxy groups -OCH3 is 1. The second kappa shape index (κ2) is 15.7. The molecule has 0 bridgehead atoms. The minimum atomic E-state index is -0.933. The van der Waals surface area contributed by atoms with E-state index in [9.17, 15) is 14.7 Å². The number of hydrogen-bond acceptors (Lipinski definition) is 6. The molecule has 0 aliphatic heterocycles. The fourth-order valence-electron chi connectivity index (χ4n) is 5.01. The number of carbonyl (C=O) groups excluding carboxylic acids is 2. The highest BCUT2D eigenvalue weighted by atomic mass is 16.5. The Balaban J connectivity index is 1.52. The Hall–Kier alpha value is -3.40. The highest BCUT2D eigenvalue weighted by Gasteiger charge is 2.33. The monoisotopic (exact) mass is 580 g/mol. The van der Waals surface area contributed by atoms with E-state index in [1.807, 2.05) is 56.4 Å². The van der Waals surface area contributed by atoms with Crippen LogP contribution in [0.1, 0.15) is 62.9 Å². The van der Waals surface area contributed by atoms with Crippen molar-refractivity contribution in [3.05, 3.63) is 65.9 Å². The van der Waals surface area contributed by atoms with E-state index in [0.717, 1.165) is 29.3 Å². The number of aliphatic hydroxyl groups excluding tert-OH is 1. The van der Waals surface area contributed by atoms with Crippen molar-refractivity contribution in [1.29, 1.82) is 0 Å². The van der Waals surface area contributed by atoms with Crippen LogP contribution in [0, 0.1) is 11.8 Å². The molecule has 9 nitrogen and oxygen atoms in total. The quantitative estimate of drug-likeness (QED) is 0.152. The predicted molar refractivity (Wildman–Crippen MR) is 167 cm³/mol. The fourth-order valence-corrected chi connectivity index (χ4v) is 5.01. The Morgan fingerprint density at radius 3 is 2.43 bits per heavy atom. The number of carbonyl (C=O) groups is 2. The Morgan fingerprint density at radius 2 is 1.69 bits per heavy atom. The molecule has 3 atom stereocenters. The van der Waals surface area contributed by atoms with Gasteiger partial charge in [-0.1, -0.05) is 44.2 Å². The molecule has 0 spiro atoms. The van der Waals surface area contributed by atoms with Gasteiger partial charge in [-0.3, -0.25) is 9.59 Å². The number of ether oxygens (including phenoxy) is 2. The van der Waals surface area contributed by atoms with Crippen LogP contribution < -0.4 is 21.1 Å². The third-order valence-electron chi connectivity index (χ3n) is 7.97. The van der Waals surface area contributed by atoms with Crippen LogP contribution in [0.2, 0.25) is 0 Å². The molecule has 1 aromatic heterocycles. The van der Waals surface area contributed by atoms with E-state index in [0.29, 0.717) is 37.5 Å². The number of nitrogens with one attached hydrogen (secondary N) is 3. The number of para-hydroxylation sites is 2. The van der Waals surface area contributed by atoms with Crippen molar-refractivity contribution in [2.24, 2.45) is 17.6 Å². The minimum Gasteiger partial charge on any atom is -0.493 e. The summed E-state index contributed by atoms with van der Waals surface area (Å²) in [5.74, 6) is 0.386. The van der Waals surface area contributed by atoms with Gasteiger partial charge in [-0.2, -0.15) is 0 Å². The molecule has 3 aromatic rings. The lowest BCUT2D eigenvalue weighted by molar-refractivity contribution is -0.126. The van der Waals surface area contributed by atoms with E-state index < -0.39 is 17.6 Å². The Labute approximate surface area is 249 Å². The van der Waals surface area contributed by atoms with Crippen LogP contribution in [0.3, 0.4) is 0 Å². The Morgan fingerprint density at radius 1 is 1.00 bits per heavy atom. The second-order valence-corrected chi connectivity index (χ2v) is 11.8. The average molecular weight is 581 g/mol. The van der Waals surface area contributed by atoms with E-state index in [1.54, 1.807) is 19.2 Å². The van der Waals surface area contributed by atoms with Gasteiger partial charge in [0.25, 0.3) is 5.91 Å². The number of aromatic amines is 1. The van der Waals surface area contributed by atoms with Gasteiger partial charge in [0.1, 0.15) is 5.75 Å². The molecule has 2 aromatic carbocycles. The second-order valence-electron chi connectivity index (χ2n) is 11.8. The summed E-state index contributed by atoms with van der Waals surface area (Å²) in [5.41, 5.74) is 7.94. The highest BCUT2D eigenvalue weighted by Crippen LogP contribution is 2.30. The molecule has 0 fully saturated rings. The zero-order valence-electron chi connectivity index (χ0n) is 25.6. The van der Waals surface area contributed by atoms with E-state index in [2.05, 4.69) is 29.5 Å². The zero-order chi connectivity index (χ0) is 30.7. The van der Waals surface area contributed by atoms with Gasteiger partial charge in [-0.25, -0.2) is 0 Å². The number of unbranched alkanes of at least 4 members (excludes halogenated alkanes) is 1. The van der Waals surface area contributed by atoms with Crippen molar-refractivity contribution in [1.82, 2.24) is 15.6 Å². The molecule has 6 N–H and O–H groups in total. The van der Waals surface area contributed by atoms with Gasteiger partial charge in [-0.15, -0.1) is 0 Å². The summed E-state index contributed by atoms with van der Waals surface area (Å²) >= 11 is 0. The standard InChI is InChI=1S/C33H48N4O5/c1-22(2)23(19-36-31(39)25-13-7-9-15-30(25)42-17-11-10-16-41-5)18-27(34)29(38)21-37-32(40)33(3,4)26-20-35-28-14-8-6-12-24(26)28/h6-9,12-15,20,22-23,27,29,35,38H,10-11,16-19,21,34H2,1-5H3,(H,36,39)(H,37,40)/t23-,27+,29+/m1/s1. The van der Waals surface area contributed by atoms with Crippen molar-refractivity contribution in [3.8, 4) is 5.75 Å². The minimum absolute atomic E-state index is 0.0269. The topological polar surface area (TPSA) is 139 Å². The third kappa shape index (κ3) is 8.80. The number of hydrogen-bond donors (Lipinski definition) is 5. The molecule has 0 radical (unpaired) electrons. The van der Waals surface area contributed by atoms with Crippen molar-refractivity contribution in [3.63, 3.8) is 0 Å². The first-order valence-corrected chi connectivity index (χ1v) is 14.8. The van der Waals surface area contributed by atoms with Gasteiger partial charge in [0.15, 0.2) is 0 Å². The van der Waals surface area contributed by atoms with Gasteiger partial charge in [0, 0.05) is 49.9 Å². The fraction of sp³-hybridized carbons (Fsp3) is 0.515. The lowest BCUT2D eigenvalue weighted by Crippen LogP contribution is -2.49. The summed E-state index contributed by atoms with van der Waals surface area (Å²) in [6, 6.07) is 14.5. The Kier molecular flexibility index (Phi) is 12.4. The average Bonchev–Trinajstić information content (AvgIpc) is 3.42. The number of aromatic nitrogens is 1. The number of H-pyrrole nitrogens is 1. The third-order valence-corrected chi connectivity index (χ3v) is 7.97. The first-order valence-electron chi connectivity index (χ1n) is 14.8. The van der Waals surface area contributed by atoms with Gasteiger partial charge in [0.2, 0.25) is 5.91 Å². The maximum atomic E-state index is 13.2. The predicted octanol–water partition coefficient (Wildman–Crippen LogP) is 4.15. The maximum absolute atomic E-state index is 13.2. The number of benzene rings is 2. The maximum Gasteiger partial charge on any atom is 0.255 e. The molecule has 0 aliphatic rings. The molecule has 0 saturated carbocycles. The van der Waals surface area contributed by atoms with E-state index >= 15 is 0 Å². The molecular formula is C33H48N4O5. The van der Waals surface area contributed by atoms with Crippen LogP contribution in [-0.2, 0) is 14.9 Å². The Bertz CT molecular complexity index is 1290. The number of amides is 2. The van der Waals surface area contributed by atoms with Crippen LogP contribution in [-0.4, -0.2) is 67.5 Å². The van der Waals surface area contributed by atoms with Crippen LogP contribution >= 0.6 is 0 Å².